The second-order valence-electron chi connectivity index (χ2n) is 2.58. The first-order valence-electron chi connectivity index (χ1n) is 3.74. The van der Waals surface area contributed by atoms with Gasteiger partial charge in [-0.05, 0) is 12.1 Å². The molecule has 0 unspecified atom stereocenters. The van der Waals surface area contributed by atoms with Gasteiger partial charge in [-0.1, -0.05) is 24.4 Å². The van der Waals surface area contributed by atoms with E-state index in [0.717, 1.165) is 5.39 Å². The molecule has 0 aliphatic rings. The van der Waals surface area contributed by atoms with Gasteiger partial charge in [-0.2, -0.15) is 5.26 Å². The highest BCUT2D eigenvalue weighted by Crippen LogP contribution is 2.16. The average molecular weight is 187 g/mol. The Kier molecular flexibility index (Phi) is 1.84. The molecule has 0 spiro atoms. The van der Waals surface area contributed by atoms with Crippen molar-refractivity contribution in [3.8, 4) is 6.07 Å². The van der Waals surface area contributed by atoms with Gasteiger partial charge in [0.15, 0.2) is 0 Å². The van der Waals surface area contributed by atoms with Crippen LogP contribution in [-0.2, 0) is 0 Å². The van der Waals surface area contributed by atoms with E-state index in [4.69, 9.17) is 21.9 Å². The Bertz CT molecular complexity index is 551. The van der Waals surface area contributed by atoms with Crippen molar-refractivity contribution in [2.75, 3.05) is 0 Å². The molecule has 2 aromatic rings. The summed E-state index contributed by atoms with van der Waals surface area (Å²) in [5, 5.41) is 9.50. The van der Waals surface area contributed by atoms with E-state index >= 15 is 0 Å². The number of hydrogen-bond donors (Lipinski definition) is 0. The van der Waals surface area contributed by atoms with Gasteiger partial charge >= 0.3 is 0 Å². The minimum absolute atomic E-state index is 0.253. The van der Waals surface area contributed by atoms with Crippen molar-refractivity contribution in [2.24, 2.45) is 0 Å². The molecule has 2 rings (SSSR count). The molecular weight excluding hydrogens is 182 g/mol. The predicted molar refractivity (Wildman–Crippen MR) is 51.8 cm³/mol. The molecule has 0 saturated heterocycles. The second-order valence-corrected chi connectivity index (χ2v) is 3.02. The molecule has 13 heavy (non-hydrogen) atoms. The van der Waals surface area contributed by atoms with Crippen molar-refractivity contribution >= 4 is 23.2 Å². The van der Waals surface area contributed by atoms with Crippen molar-refractivity contribution in [1.82, 2.24) is 0 Å². The summed E-state index contributed by atoms with van der Waals surface area (Å²) in [6, 6.07) is 10.9. The van der Waals surface area contributed by atoms with E-state index in [0.29, 0.717) is 10.1 Å². The van der Waals surface area contributed by atoms with Crippen LogP contribution < -0.4 is 0 Å². The number of hydrogen-bond acceptors (Lipinski definition) is 3. The monoisotopic (exact) mass is 187 g/mol. The average Bonchev–Trinajstić information content (AvgIpc) is 2.18. The van der Waals surface area contributed by atoms with Crippen LogP contribution >= 0.6 is 12.2 Å². The third-order valence-corrected chi connectivity index (χ3v) is 2.08. The van der Waals surface area contributed by atoms with E-state index in [1.54, 1.807) is 12.1 Å². The Morgan fingerprint density at radius 3 is 2.85 bits per heavy atom. The number of benzene rings is 1. The Hall–Kier alpha value is -1.66. The van der Waals surface area contributed by atoms with E-state index in [1.165, 1.54) is 0 Å². The molecule has 0 bridgehead atoms. The molecule has 3 heteroatoms. The Morgan fingerprint density at radius 1 is 1.31 bits per heavy atom. The third-order valence-electron chi connectivity index (χ3n) is 1.74. The van der Waals surface area contributed by atoms with Crippen molar-refractivity contribution in [2.45, 2.75) is 0 Å². The van der Waals surface area contributed by atoms with Crippen LogP contribution in [0.2, 0.25) is 0 Å². The van der Waals surface area contributed by atoms with Gasteiger partial charge in [0.25, 0.3) is 0 Å². The van der Waals surface area contributed by atoms with Crippen LogP contribution in [0.4, 0.5) is 0 Å². The highest BCUT2D eigenvalue weighted by Gasteiger charge is 1.99. The maximum Gasteiger partial charge on any atom is 0.205 e. The maximum atomic E-state index is 8.63. The van der Waals surface area contributed by atoms with Crippen LogP contribution in [0.1, 0.15) is 5.76 Å². The minimum atomic E-state index is 0.253. The number of fused-ring (bicyclic) bond motifs is 1. The fourth-order valence-corrected chi connectivity index (χ4v) is 1.43. The first kappa shape index (κ1) is 7.96. The van der Waals surface area contributed by atoms with Crippen LogP contribution in [0.15, 0.2) is 34.7 Å². The fourth-order valence-electron chi connectivity index (χ4n) is 1.16. The zero-order valence-corrected chi connectivity index (χ0v) is 7.47. The van der Waals surface area contributed by atoms with Gasteiger partial charge in [0.05, 0.1) is 4.51 Å². The van der Waals surface area contributed by atoms with Crippen molar-refractivity contribution in [3.63, 3.8) is 0 Å². The molecule has 0 atom stereocenters. The SMILES string of the molecule is N#Cc1cc(=S)c2ccccc2o1. The smallest absolute Gasteiger partial charge is 0.205 e. The Labute approximate surface area is 80.0 Å². The van der Waals surface area contributed by atoms with Crippen molar-refractivity contribution < 1.29 is 4.42 Å². The summed E-state index contributed by atoms with van der Waals surface area (Å²) in [5.74, 6) is 0.253. The Morgan fingerprint density at radius 2 is 2.08 bits per heavy atom. The largest absolute Gasteiger partial charge is 0.446 e. The molecule has 1 aromatic heterocycles. The highest BCUT2D eigenvalue weighted by atomic mass is 32.1. The van der Waals surface area contributed by atoms with Crippen LogP contribution in [0, 0.1) is 15.8 Å². The lowest BCUT2D eigenvalue weighted by atomic mass is 10.2. The minimum Gasteiger partial charge on any atom is -0.446 e. The molecule has 0 fully saturated rings. The lowest BCUT2D eigenvalue weighted by molar-refractivity contribution is 0.587. The summed E-state index contributed by atoms with van der Waals surface area (Å²) in [7, 11) is 0. The molecule has 0 radical (unpaired) electrons. The van der Waals surface area contributed by atoms with Gasteiger partial charge in [0, 0.05) is 11.5 Å². The van der Waals surface area contributed by atoms with Gasteiger partial charge in [0.2, 0.25) is 5.76 Å². The summed E-state index contributed by atoms with van der Waals surface area (Å²) >= 11 is 5.10. The van der Waals surface area contributed by atoms with Gasteiger partial charge in [-0.15, -0.1) is 0 Å². The second kappa shape index (κ2) is 3.00. The van der Waals surface area contributed by atoms with Crippen LogP contribution in [0.5, 0.6) is 0 Å². The predicted octanol–water partition coefficient (Wildman–Crippen LogP) is 3.03. The van der Waals surface area contributed by atoms with E-state index in [-0.39, 0.29) is 5.76 Å². The van der Waals surface area contributed by atoms with Gasteiger partial charge in [-0.3, -0.25) is 0 Å². The summed E-state index contributed by atoms with van der Waals surface area (Å²) in [6.45, 7) is 0. The molecule has 1 heterocycles. The first-order chi connectivity index (χ1) is 6.31. The standard InChI is InChI=1S/C10H5NOS/c11-6-7-5-10(13)8-3-1-2-4-9(8)12-7/h1-5H. The number of para-hydroxylation sites is 1. The summed E-state index contributed by atoms with van der Waals surface area (Å²) in [4.78, 5) is 0. The summed E-state index contributed by atoms with van der Waals surface area (Å²) in [6.07, 6.45) is 0. The molecule has 0 amide bonds. The summed E-state index contributed by atoms with van der Waals surface area (Å²) in [5.41, 5.74) is 0.659. The summed E-state index contributed by atoms with van der Waals surface area (Å²) < 4.78 is 5.92. The molecule has 2 nitrogen and oxygen atoms in total. The van der Waals surface area contributed by atoms with E-state index in [1.807, 2.05) is 24.3 Å². The molecule has 0 N–H and O–H groups in total. The van der Waals surface area contributed by atoms with Crippen molar-refractivity contribution in [1.29, 1.82) is 5.26 Å². The zero-order valence-electron chi connectivity index (χ0n) is 6.65. The van der Waals surface area contributed by atoms with Gasteiger partial charge in [-0.25, -0.2) is 0 Å². The first-order valence-corrected chi connectivity index (χ1v) is 4.15. The molecule has 62 valence electrons. The quantitative estimate of drug-likeness (QED) is 0.595. The topological polar surface area (TPSA) is 36.9 Å². The lowest BCUT2D eigenvalue weighted by Gasteiger charge is -1.96. The molecule has 1 aromatic carbocycles. The Balaban J connectivity index is 2.95. The zero-order chi connectivity index (χ0) is 9.26. The van der Waals surface area contributed by atoms with Gasteiger partial charge in [0.1, 0.15) is 11.7 Å². The normalized spacial score (nSPS) is 9.77. The third kappa shape index (κ3) is 1.32. The number of nitriles is 1. The van der Waals surface area contributed by atoms with Crippen LogP contribution in [0.3, 0.4) is 0 Å². The molecule has 0 saturated carbocycles. The molecule has 0 aliphatic carbocycles. The molecular formula is C10H5NOS. The van der Waals surface area contributed by atoms with E-state index < -0.39 is 0 Å². The molecule has 0 aliphatic heterocycles. The van der Waals surface area contributed by atoms with E-state index in [2.05, 4.69) is 0 Å². The van der Waals surface area contributed by atoms with Crippen LogP contribution in [0.25, 0.3) is 11.0 Å². The fraction of sp³-hybridized carbons (Fsp3) is 0. The lowest BCUT2D eigenvalue weighted by Crippen LogP contribution is -1.77. The van der Waals surface area contributed by atoms with Crippen LogP contribution in [-0.4, -0.2) is 0 Å². The maximum absolute atomic E-state index is 8.63. The number of nitrogens with zero attached hydrogens (tertiary/aromatic N) is 1. The number of rotatable bonds is 0. The van der Waals surface area contributed by atoms with Crippen molar-refractivity contribution in [3.05, 3.63) is 40.6 Å². The highest BCUT2D eigenvalue weighted by molar-refractivity contribution is 7.71. The van der Waals surface area contributed by atoms with E-state index in [9.17, 15) is 0 Å². The van der Waals surface area contributed by atoms with Gasteiger partial charge < -0.3 is 4.42 Å².